The smallest absolute Gasteiger partial charge is 0.196 e. The number of Topliss-reactive ketones (excluding diaryl/α,β-unsaturated/α-hetero) is 1. The topological polar surface area (TPSA) is 60.7 Å². The molecule has 0 unspecified atom stereocenters. The second-order valence-corrected chi connectivity index (χ2v) is 8.57. The molecule has 5 nitrogen and oxygen atoms in total. The van der Waals surface area contributed by atoms with E-state index in [0.717, 1.165) is 16.8 Å². The zero-order valence-electron chi connectivity index (χ0n) is 15.7. The molecule has 140 valence electrons. The minimum atomic E-state index is -0.391. The molecule has 3 aromatic rings. The van der Waals surface area contributed by atoms with Crippen LogP contribution in [0.25, 0.3) is 17.1 Å². The average Bonchev–Trinajstić information content (AvgIpc) is 3.05. The van der Waals surface area contributed by atoms with E-state index in [0.29, 0.717) is 21.8 Å². The van der Waals surface area contributed by atoms with Crippen molar-refractivity contribution in [2.24, 2.45) is 5.41 Å². The molecule has 3 rings (SSSR count). The highest BCUT2D eigenvalue weighted by atomic mass is 35.5. The van der Waals surface area contributed by atoms with Crippen LogP contribution in [-0.4, -0.2) is 31.3 Å². The average molecular weight is 401 g/mol. The fourth-order valence-corrected chi connectivity index (χ4v) is 3.73. The standard InChI is InChI=1S/C20H21ClN4OS/c1-13-15(21)6-5-7-16(13)25-18(14-8-10-22-11-9-14)23-24-19(25)27-12-17(26)20(2,3)4/h5-11H,12H2,1-4H3. The summed E-state index contributed by atoms with van der Waals surface area (Å²) in [5.74, 6) is 1.18. The molecule has 0 saturated heterocycles. The summed E-state index contributed by atoms with van der Waals surface area (Å²) in [7, 11) is 0. The number of rotatable bonds is 5. The number of halogens is 1. The molecule has 0 spiro atoms. The summed E-state index contributed by atoms with van der Waals surface area (Å²) in [5.41, 5.74) is 2.33. The fraction of sp³-hybridized carbons (Fsp3) is 0.300. The van der Waals surface area contributed by atoms with Crippen LogP contribution in [0, 0.1) is 12.3 Å². The lowest BCUT2D eigenvalue weighted by molar-refractivity contribution is -0.123. The molecule has 0 bridgehead atoms. The summed E-state index contributed by atoms with van der Waals surface area (Å²) < 4.78 is 1.96. The monoisotopic (exact) mass is 400 g/mol. The van der Waals surface area contributed by atoms with Crippen molar-refractivity contribution in [1.29, 1.82) is 0 Å². The highest BCUT2D eigenvalue weighted by molar-refractivity contribution is 7.99. The first-order valence-electron chi connectivity index (χ1n) is 8.56. The van der Waals surface area contributed by atoms with Crippen molar-refractivity contribution in [3.63, 3.8) is 0 Å². The lowest BCUT2D eigenvalue weighted by Gasteiger charge is -2.17. The number of carbonyl (C=O) groups excluding carboxylic acids is 1. The number of carbonyl (C=O) groups is 1. The molecule has 1 aromatic carbocycles. The quantitative estimate of drug-likeness (QED) is 0.564. The fourth-order valence-electron chi connectivity index (χ4n) is 2.45. The Morgan fingerprint density at radius 1 is 1.15 bits per heavy atom. The van der Waals surface area contributed by atoms with Crippen molar-refractivity contribution in [1.82, 2.24) is 19.7 Å². The molecule has 0 atom stereocenters. The van der Waals surface area contributed by atoms with Gasteiger partial charge in [-0.15, -0.1) is 10.2 Å². The van der Waals surface area contributed by atoms with Crippen LogP contribution in [0.15, 0.2) is 47.9 Å². The summed E-state index contributed by atoms with van der Waals surface area (Å²) >= 11 is 7.73. The minimum Gasteiger partial charge on any atom is -0.298 e. The van der Waals surface area contributed by atoms with Crippen molar-refractivity contribution >= 4 is 29.1 Å². The summed E-state index contributed by atoms with van der Waals surface area (Å²) in [5, 5.41) is 10.1. The van der Waals surface area contributed by atoms with E-state index in [2.05, 4.69) is 15.2 Å². The van der Waals surface area contributed by atoms with Gasteiger partial charge in [0.05, 0.1) is 11.4 Å². The maximum atomic E-state index is 12.4. The first-order valence-corrected chi connectivity index (χ1v) is 9.93. The molecule has 0 aliphatic rings. The molecule has 0 fully saturated rings. The van der Waals surface area contributed by atoms with E-state index in [1.54, 1.807) is 12.4 Å². The predicted octanol–water partition coefficient (Wildman–Crippen LogP) is 5.00. The van der Waals surface area contributed by atoms with Gasteiger partial charge >= 0.3 is 0 Å². The van der Waals surface area contributed by atoms with Gasteiger partial charge in [0.1, 0.15) is 5.78 Å². The zero-order valence-corrected chi connectivity index (χ0v) is 17.3. The van der Waals surface area contributed by atoms with Gasteiger partial charge in [0.15, 0.2) is 11.0 Å². The van der Waals surface area contributed by atoms with Crippen LogP contribution in [0.2, 0.25) is 5.02 Å². The van der Waals surface area contributed by atoms with E-state index in [-0.39, 0.29) is 5.78 Å². The Labute approximate surface area is 168 Å². The van der Waals surface area contributed by atoms with Gasteiger partial charge in [-0.1, -0.05) is 50.2 Å². The number of nitrogens with zero attached hydrogens (tertiary/aromatic N) is 4. The predicted molar refractivity (Wildman–Crippen MR) is 110 cm³/mol. The second kappa shape index (κ2) is 7.82. The third-order valence-corrected chi connectivity index (χ3v) is 5.56. The van der Waals surface area contributed by atoms with Gasteiger partial charge in [0, 0.05) is 28.4 Å². The van der Waals surface area contributed by atoms with Gasteiger partial charge in [0.2, 0.25) is 0 Å². The molecule has 2 heterocycles. The Bertz CT molecular complexity index is 964. The number of pyridine rings is 1. The van der Waals surface area contributed by atoms with Crippen molar-refractivity contribution < 1.29 is 4.79 Å². The lowest BCUT2D eigenvalue weighted by atomic mass is 9.92. The summed E-state index contributed by atoms with van der Waals surface area (Å²) in [6, 6.07) is 9.50. The van der Waals surface area contributed by atoms with Crippen LogP contribution in [0.3, 0.4) is 0 Å². The van der Waals surface area contributed by atoms with Gasteiger partial charge in [-0.2, -0.15) is 0 Å². The van der Waals surface area contributed by atoms with E-state index in [1.807, 2.05) is 62.6 Å². The molecule has 0 saturated carbocycles. The van der Waals surface area contributed by atoms with Crippen molar-refractivity contribution in [2.75, 3.05) is 5.75 Å². The van der Waals surface area contributed by atoms with Crippen LogP contribution in [-0.2, 0) is 4.79 Å². The van der Waals surface area contributed by atoms with Gasteiger partial charge in [-0.3, -0.25) is 14.3 Å². The third kappa shape index (κ3) is 4.22. The number of thioether (sulfide) groups is 1. The third-order valence-electron chi connectivity index (χ3n) is 4.22. The summed E-state index contributed by atoms with van der Waals surface area (Å²) in [6.07, 6.45) is 3.43. The van der Waals surface area contributed by atoms with Crippen LogP contribution >= 0.6 is 23.4 Å². The highest BCUT2D eigenvalue weighted by Gasteiger charge is 2.24. The zero-order chi connectivity index (χ0) is 19.6. The molecule has 0 N–H and O–H groups in total. The Hall–Kier alpha value is -2.18. The maximum absolute atomic E-state index is 12.4. The molecule has 0 radical (unpaired) electrons. The van der Waals surface area contributed by atoms with Crippen LogP contribution in [0.5, 0.6) is 0 Å². The van der Waals surface area contributed by atoms with E-state index < -0.39 is 5.41 Å². The van der Waals surface area contributed by atoms with Crippen molar-refractivity contribution in [3.8, 4) is 17.1 Å². The van der Waals surface area contributed by atoms with Crippen molar-refractivity contribution in [3.05, 3.63) is 53.3 Å². The Balaban J connectivity index is 2.08. The molecule has 7 heteroatoms. The number of aromatic nitrogens is 4. The lowest BCUT2D eigenvalue weighted by Crippen LogP contribution is -2.22. The molecular weight excluding hydrogens is 380 g/mol. The SMILES string of the molecule is Cc1c(Cl)cccc1-n1c(SCC(=O)C(C)(C)C)nnc1-c1ccncc1. The summed E-state index contributed by atoms with van der Waals surface area (Å²) in [6.45, 7) is 7.72. The van der Waals surface area contributed by atoms with Gasteiger partial charge < -0.3 is 0 Å². The summed E-state index contributed by atoms with van der Waals surface area (Å²) in [4.78, 5) is 16.4. The van der Waals surface area contributed by atoms with E-state index in [9.17, 15) is 4.79 Å². The Morgan fingerprint density at radius 3 is 2.52 bits per heavy atom. The molecule has 2 aromatic heterocycles. The van der Waals surface area contributed by atoms with Gasteiger partial charge in [-0.25, -0.2) is 0 Å². The number of hydrogen-bond acceptors (Lipinski definition) is 5. The Kier molecular flexibility index (Phi) is 5.67. The first kappa shape index (κ1) is 19.6. The van der Waals surface area contributed by atoms with Crippen LogP contribution in [0.1, 0.15) is 26.3 Å². The minimum absolute atomic E-state index is 0.162. The largest absolute Gasteiger partial charge is 0.298 e. The molecular formula is C20H21ClN4OS. The second-order valence-electron chi connectivity index (χ2n) is 7.22. The van der Waals surface area contributed by atoms with Gasteiger partial charge in [-0.05, 0) is 36.8 Å². The number of benzene rings is 1. The molecule has 27 heavy (non-hydrogen) atoms. The van der Waals surface area contributed by atoms with E-state index in [1.165, 1.54) is 11.8 Å². The van der Waals surface area contributed by atoms with Crippen molar-refractivity contribution in [2.45, 2.75) is 32.9 Å². The van der Waals surface area contributed by atoms with E-state index in [4.69, 9.17) is 11.6 Å². The number of ketones is 1. The highest BCUT2D eigenvalue weighted by Crippen LogP contribution is 2.32. The van der Waals surface area contributed by atoms with Crippen LogP contribution in [0.4, 0.5) is 0 Å². The first-order chi connectivity index (χ1) is 12.8. The molecule has 0 aliphatic carbocycles. The number of hydrogen-bond donors (Lipinski definition) is 0. The Morgan fingerprint density at radius 2 is 1.85 bits per heavy atom. The maximum Gasteiger partial charge on any atom is 0.196 e. The van der Waals surface area contributed by atoms with E-state index >= 15 is 0 Å². The molecule has 0 aliphatic heterocycles. The molecule has 0 amide bonds. The van der Waals surface area contributed by atoms with Crippen LogP contribution < -0.4 is 0 Å². The normalized spacial score (nSPS) is 11.6. The van der Waals surface area contributed by atoms with Gasteiger partial charge in [0.25, 0.3) is 0 Å².